The van der Waals surface area contributed by atoms with E-state index in [1.165, 1.54) is 12.1 Å². The molecule has 0 bridgehead atoms. The lowest BCUT2D eigenvalue weighted by atomic mass is 10.1. The summed E-state index contributed by atoms with van der Waals surface area (Å²) in [4.78, 5) is 26.0. The molecule has 184 valence electrons. The Morgan fingerprint density at radius 3 is 2.51 bits per heavy atom. The highest BCUT2D eigenvalue weighted by Crippen LogP contribution is 2.47. The van der Waals surface area contributed by atoms with Crippen LogP contribution in [0, 0.1) is 10.1 Å². The first-order chi connectivity index (χ1) is 16.4. The zero-order valence-corrected chi connectivity index (χ0v) is 20.6. The molecule has 0 aliphatic carbocycles. The second kappa shape index (κ2) is 11.4. The van der Waals surface area contributed by atoms with E-state index in [9.17, 15) is 14.9 Å². The van der Waals surface area contributed by atoms with Gasteiger partial charge in [-0.05, 0) is 54.8 Å². The minimum Gasteiger partial charge on any atom is -0.478 e. The van der Waals surface area contributed by atoms with E-state index >= 15 is 0 Å². The summed E-state index contributed by atoms with van der Waals surface area (Å²) in [5.41, 5.74) is 7.61. The first kappa shape index (κ1) is 26.3. The standard InChI is InChI=1S/C25H24ClN3O5.ClH/c1-2-21-25(30)28(15-17-4-3-5-18(26)12-17)24-22(13-19(29(31)32)14-23(24)34-21)33-20-8-6-16(7-9-20)10-11-27;/h3-9,12-14,21H,2,10-11,15,27H2,1H3;1H. The average Bonchev–Trinajstić information content (AvgIpc) is 2.82. The van der Waals surface area contributed by atoms with Gasteiger partial charge in [-0.15, -0.1) is 12.4 Å². The van der Waals surface area contributed by atoms with E-state index in [-0.39, 0.29) is 42.0 Å². The van der Waals surface area contributed by atoms with E-state index in [1.54, 1.807) is 35.2 Å². The first-order valence-corrected chi connectivity index (χ1v) is 11.3. The lowest BCUT2D eigenvalue weighted by Gasteiger charge is -2.35. The zero-order chi connectivity index (χ0) is 24.2. The summed E-state index contributed by atoms with van der Waals surface area (Å²) < 4.78 is 12.0. The van der Waals surface area contributed by atoms with E-state index in [0.717, 1.165) is 17.5 Å². The predicted octanol–water partition coefficient (Wildman–Crippen LogP) is 5.67. The van der Waals surface area contributed by atoms with Crippen LogP contribution in [0.4, 0.5) is 11.4 Å². The van der Waals surface area contributed by atoms with Crippen molar-refractivity contribution in [3.63, 3.8) is 0 Å². The maximum Gasteiger partial charge on any atom is 0.277 e. The molecule has 0 spiro atoms. The molecule has 1 atom stereocenters. The van der Waals surface area contributed by atoms with Crippen LogP contribution in [-0.4, -0.2) is 23.5 Å². The van der Waals surface area contributed by atoms with Crippen LogP contribution in [0.15, 0.2) is 60.7 Å². The summed E-state index contributed by atoms with van der Waals surface area (Å²) in [6, 6.07) is 17.1. The molecule has 3 aromatic carbocycles. The minimum absolute atomic E-state index is 0. The highest BCUT2D eigenvalue weighted by Gasteiger charge is 2.37. The van der Waals surface area contributed by atoms with Crippen LogP contribution in [0.5, 0.6) is 17.2 Å². The van der Waals surface area contributed by atoms with Crippen LogP contribution in [0.1, 0.15) is 24.5 Å². The maximum absolute atomic E-state index is 13.3. The molecular weight excluding hydrogens is 493 g/mol. The van der Waals surface area contributed by atoms with Crippen molar-refractivity contribution in [2.75, 3.05) is 11.4 Å². The van der Waals surface area contributed by atoms with Crippen LogP contribution < -0.4 is 20.1 Å². The number of rotatable bonds is 8. The molecule has 1 aliphatic heterocycles. The van der Waals surface area contributed by atoms with E-state index < -0.39 is 11.0 Å². The number of nitrogens with zero attached hydrogens (tertiary/aromatic N) is 2. The number of anilines is 1. The van der Waals surface area contributed by atoms with Gasteiger partial charge in [0, 0.05) is 5.02 Å². The summed E-state index contributed by atoms with van der Waals surface area (Å²) in [6.45, 7) is 2.55. The lowest BCUT2D eigenvalue weighted by molar-refractivity contribution is -0.385. The molecule has 3 aromatic rings. The normalized spacial score (nSPS) is 14.5. The van der Waals surface area contributed by atoms with E-state index in [1.807, 2.05) is 25.1 Å². The van der Waals surface area contributed by atoms with E-state index in [0.29, 0.717) is 29.4 Å². The van der Waals surface area contributed by atoms with E-state index in [4.69, 9.17) is 26.8 Å². The Kier molecular flexibility index (Phi) is 8.56. The van der Waals surface area contributed by atoms with Gasteiger partial charge in [0.05, 0.1) is 23.6 Å². The monoisotopic (exact) mass is 517 g/mol. The second-order valence-corrected chi connectivity index (χ2v) is 8.34. The summed E-state index contributed by atoms with van der Waals surface area (Å²) in [5.74, 6) is 0.585. The molecule has 0 saturated carbocycles. The molecular formula is C25H25Cl2N3O5. The quantitative estimate of drug-likeness (QED) is 0.304. The lowest BCUT2D eigenvalue weighted by Crippen LogP contribution is -2.45. The van der Waals surface area contributed by atoms with Gasteiger partial charge in [-0.25, -0.2) is 0 Å². The number of carbonyl (C=O) groups excluding carboxylic acids is 1. The number of nitro groups is 1. The zero-order valence-electron chi connectivity index (χ0n) is 19.0. The Morgan fingerprint density at radius 2 is 1.89 bits per heavy atom. The molecule has 1 aliphatic rings. The molecule has 1 heterocycles. The third-order valence-corrected chi connectivity index (χ3v) is 5.74. The van der Waals surface area contributed by atoms with Crippen molar-refractivity contribution < 1.29 is 19.2 Å². The van der Waals surface area contributed by atoms with Crippen molar-refractivity contribution >= 4 is 41.3 Å². The summed E-state index contributed by atoms with van der Waals surface area (Å²) in [6.07, 6.45) is 0.365. The van der Waals surface area contributed by atoms with Gasteiger partial charge in [0.2, 0.25) is 0 Å². The first-order valence-electron chi connectivity index (χ1n) is 10.9. The van der Waals surface area contributed by atoms with Gasteiger partial charge in [-0.1, -0.05) is 42.8 Å². The van der Waals surface area contributed by atoms with Gasteiger partial charge in [-0.3, -0.25) is 19.8 Å². The number of carbonyl (C=O) groups is 1. The molecule has 2 N–H and O–H groups in total. The molecule has 8 nitrogen and oxygen atoms in total. The SMILES string of the molecule is CCC1Oc2cc([N+](=O)[O-])cc(Oc3ccc(CCN)cc3)c2N(Cc2cccc(Cl)c2)C1=O.Cl. The molecule has 1 amide bonds. The molecule has 10 heteroatoms. The minimum atomic E-state index is -0.767. The highest BCUT2D eigenvalue weighted by atomic mass is 35.5. The van der Waals surface area contributed by atoms with Crippen molar-refractivity contribution in [3.05, 3.63) is 86.9 Å². The van der Waals surface area contributed by atoms with Crippen LogP contribution in [0.3, 0.4) is 0 Å². The Morgan fingerprint density at radius 1 is 1.14 bits per heavy atom. The van der Waals surface area contributed by atoms with Crippen molar-refractivity contribution in [1.29, 1.82) is 0 Å². The van der Waals surface area contributed by atoms with Gasteiger partial charge in [0.1, 0.15) is 11.4 Å². The van der Waals surface area contributed by atoms with Gasteiger partial charge in [0.15, 0.2) is 17.6 Å². The Bertz CT molecular complexity index is 1220. The van der Waals surface area contributed by atoms with Crippen LogP contribution in [0.2, 0.25) is 5.02 Å². The number of nitro benzene ring substituents is 1. The van der Waals surface area contributed by atoms with E-state index in [2.05, 4.69) is 0 Å². The summed E-state index contributed by atoms with van der Waals surface area (Å²) >= 11 is 6.15. The maximum atomic E-state index is 13.3. The van der Waals surface area contributed by atoms with Gasteiger partial charge in [-0.2, -0.15) is 0 Å². The molecule has 0 aromatic heterocycles. The van der Waals surface area contributed by atoms with Crippen molar-refractivity contribution in [3.8, 4) is 17.2 Å². The van der Waals surface area contributed by atoms with Crippen molar-refractivity contribution in [2.24, 2.45) is 5.73 Å². The van der Waals surface area contributed by atoms with Crippen molar-refractivity contribution in [2.45, 2.75) is 32.4 Å². The predicted molar refractivity (Wildman–Crippen MR) is 137 cm³/mol. The molecule has 0 saturated heterocycles. The van der Waals surface area contributed by atoms with Gasteiger partial charge >= 0.3 is 0 Å². The fourth-order valence-corrected chi connectivity index (χ4v) is 4.06. The van der Waals surface area contributed by atoms with Gasteiger partial charge < -0.3 is 15.2 Å². The van der Waals surface area contributed by atoms with Crippen molar-refractivity contribution in [1.82, 2.24) is 0 Å². The third-order valence-electron chi connectivity index (χ3n) is 5.50. The Hall–Kier alpha value is -3.33. The second-order valence-electron chi connectivity index (χ2n) is 7.90. The number of hydrogen-bond acceptors (Lipinski definition) is 6. The molecule has 0 fully saturated rings. The van der Waals surface area contributed by atoms with Crippen LogP contribution in [0.25, 0.3) is 0 Å². The highest BCUT2D eigenvalue weighted by molar-refractivity contribution is 6.30. The third kappa shape index (κ3) is 5.85. The number of halogens is 2. The number of fused-ring (bicyclic) bond motifs is 1. The molecule has 4 rings (SSSR count). The summed E-state index contributed by atoms with van der Waals surface area (Å²) in [5, 5.41) is 12.2. The smallest absolute Gasteiger partial charge is 0.277 e. The Balaban J connectivity index is 0.00000342. The largest absolute Gasteiger partial charge is 0.478 e. The number of ether oxygens (including phenoxy) is 2. The fourth-order valence-electron chi connectivity index (χ4n) is 3.85. The number of amides is 1. The molecule has 1 unspecified atom stereocenters. The number of non-ortho nitro benzene ring substituents is 1. The topological polar surface area (TPSA) is 108 Å². The van der Waals surface area contributed by atoms with Crippen LogP contribution >= 0.6 is 24.0 Å². The fraction of sp³-hybridized carbons (Fsp3) is 0.240. The number of benzene rings is 3. The number of hydrogen-bond donors (Lipinski definition) is 1. The average molecular weight is 518 g/mol. The van der Waals surface area contributed by atoms with Crippen LogP contribution in [-0.2, 0) is 17.8 Å². The van der Waals surface area contributed by atoms with Gasteiger partial charge in [0.25, 0.3) is 11.6 Å². The molecule has 0 radical (unpaired) electrons. The Labute approximate surface area is 214 Å². The summed E-state index contributed by atoms with van der Waals surface area (Å²) in [7, 11) is 0. The number of nitrogens with two attached hydrogens (primary N) is 1. The molecule has 35 heavy (non-hydrogen) atoms.